The third-order valence-corrected chi connectivity index (χ3v) is 6.86. The number of likely N-dealkylation sites (tertiary alicyclic amines) is 1. The molecule has 3 aliphatic rings. The van der Waals surface area contributed by atoms with Gasteiger partial charge >= 0.3 is 0 Å². The van der Waals surface area contributed by atoms with Gasteiger partial charge in [0.05, 0.1) is 5.92 Å². The van der Waals surface area contributed by atoms with Crippen LogP contribution >= 0.6 is 0 Å². The van der Waals surface area contributed by atoms with Gasteiger partial charge < -0.3 is 4.90 Å². The van der Waals surface area contributed by atoms with Crippen LogP contribution < -0.4 is 5.48 Å². The third kappa shape index (κ3) is 3.96. The van der Waals surface area contributed by atoms with Crippen molar-refractivity contribution in [3.8, 4) is 0 Å². The topological polar surface area (TPSA) is 72.9 Å². The number of hydroxylamine groups is 1. The van der Waals surface area contributed by atoms with Gasteiger partial charge in [0.15, 0.2) is 0 Å². The van der Waals surface area contributed by atoms with Gasteiger partial charge in [0.25, 0.3) is 0 Å². The highest BCUT2D eigenvalue weighted by Gasteiger charge is 2.55. The maximum atomic E-state index is 13.4. The lowest BCUT2D eigenvalue weighted by atomic mass is 9.80. The second-order valence-electron chi connectivity index (χ2n) is 9.29. The van der Waals surface area contributed by atoms with Crippen LogP contribution in [0.5, 0.6) is 0 Å². The van der Waals surface area contributed by atoms with Gasteiger partial charge in [-0.05, 0) is 63.1 Å². The second-order valence-corrected chi connectivity index (χ2v) is 9.29. The van der Waals surface area contributed by atoms with E-state index in [2.05, 4.69) is 38.1 Å². The summed E-state index contributed by atoms with van der Waals surface area (Å²) in [4.78, 5) is 29.6. The minimum absolute atomic E-state index is 0.00711. The summed E-state index contributed by atoms with van der Waals surface area (Å²) in [5.41, 5.74) is 6.95. The van der Waals surface area contributed by atoms with Crippen LogP contribution in [0.15, 0.2) is 24.3 Å². The summed E-state index contributed by atoms with van der Waals surface area (Å²) < 4.78 is 0. The molecule has 1 spiro atoms. The molecule has 2 atom stereocenters. The van der Waals surface area contributed by atoms with Crippen LogP contribution in [0, 0.1) is 25.2 Å². The molecule has 2 fully saturated rings. The highest BCUT2D eigenvalue weighted by molar-refractivity contribution is 5.90. The van der Waals surface area contributed by atoms with Crippen molar-refractivity contribution < 1.29 is 14.8 Å². The van der Waals surface area contributed by atoms with Crippen molar-refractivity contribution in [1.82, 2.24) is 15.3 Å². The molecule has 6 heteroatoms. The van der Waals surface area contributed by atoms with Crippen molar-refractivity contribution in [2.24, 2.45) is 11.3 Å². The SMILES string of the molecule is Cc1cc(C)cc(C2=CCN(C(=O)C3C(C(=O)NO)CC4(CC4)CN3C)CC2)c1. The zero-order valence-electron chi connectivity index (χ0n) is 17.6. The Balaban J connectivity index is 1.50. The second kappa shape index (κ2) is 7.58. The van der Waals surface area contributed by atoms with Gasteiger partial charge in [-0.3, -0.25) is 19.7 Å². The number of nitrogens with zero attached hydrogens (tertiary/aromatic N) is 2. The molecule has 0 radical (unpaired) electrons. The Bertz CT molecular complexity index is 839. The minimum Gasteiger partial charge on any atom is -0.337 e. The van der Waals surface area contributed by atoms with Crippen molar-refractivity contribution in [3.05, 3.63) is 41.0 Å². The Morgan fingerprint density at radius 1 is 1.17 bits per heavy atom. The lowest BCUT2D eigenvalue weighted by Crippen LogP contribution is -2.59. The molecule has 0 bridgehead atoms. The number of hydrogen-bond acceptors (Lipinski definition) is 4. The summed E-state index contributed by atoms with van der Waals surface area (Å²) in [6.07, 6.45) is 5.82. The normalized spacial score (nSPS) is 26.2. The van der Waals surface area contributed by atoms with E-state index in [1.807, 2.05) is 16.8 Å². The number of aryl methyl sites for hydroxylation is 2. The first-order chi connectivity index (χ1) is 13.8. The first-order valence-electron chi connectivity index (χ1n) is 10.5. The van der Waals surface area contributed by atoms with Gasteiger partial charge in [0.2, 0.25) is 11.8 Å². The predicted octanol–water partition coefficient (Wildman–Crippen LogP) is 2.53. The molecule has 1 saturated heterocycles. The standard InChI is InChI=1S/C23H31N3O3/c1-15-10-16(2)12-18(11-15)17-4-8-26(9-5-17)22(28)20-19(21(27)24-29)13-23(6-7-23)14-25(20)3/h4,10-12,19-20,29H,5-9,13-14H2,1-3H3,(H,24,27). The lowest BCUT2D eigenvalue weighted by Gasteiger charge is -2.43. The molecule has 1 aromatic rings. The maximum Gasteiger partial charge on any atom is 0.248 e. The largest absolute Gasteiger partial charge is 0.337 e. The number of carbonyl (C=O) groups is 2. The Morgan fingerprint density at radius 2 is 1.86 bits per heavy atom. The summed E-state index contributed by atoms with van der Waals surface area (Å²) in [5.74, 6) is -0.949. The van der Waals surface area contributed by atoms with Gasteiger partial charge in [-0.2, -0.15) is 0 Å². The van der Waals surface area contributed by atoms with E-state index in [4.69, 9.17) is 0 Å². The number of benzene rings is 1. The highest BCUT2D eigenvalue weighted by Crippen LogP contribution is 2.54. The van der Waals surface area contributed by atoms with Crippen LogP contribution in [0.3, 0.4) is 0 Å². The number of nitrogens with one attached hydrogen (secondary N) is 1. The fourth-order valence-corrected chi connectivity index (χ4v) is 5.27. The fraction of sp³-hybridized carbons (Fsp3) is 0.565. The van der Waals surface area contributed by atoms with E-state index in [1.54, 1.807) is 5.48 Å². The van der Waals surface area contributed by atoms with E-state index in [-0.39, 0.29) is 11.3 Å². The number of piperidine rings is 1. The molecule has 1 saturated carbocycles. The molecular weight excluding hydrogens is 366 g/mol. The summed E-state index contributed by atoms with van der Waals surface area (Å²) in [5, 5.41) is 9.23. The van der Waals surface area contributed by atoms with Crippen LogP contribution in [-0.4, -0.2) is 59.5 Å². The summed E-state index contributed by atoms with van der Waals surface area (Å²) in [7, 11) is 1.93. The minimum atomic E-state index is -0.510. The van der Waals surface area contributed by atoms with Crippen molar-refractivity contribution in [2.75, 3.05) is 26.7 Å². The lowest BCUT2D eigenvalue weighted by molar-refractivity contribution is -0.150. The van der Waals surface area contributed by atoms with E-state index in [0.717, 1.165) is 25.8 Å². The first-order valence-corrected chi connectivity index (χ1v) is 10.5. The molecule has 4 rings (SSSR count). The number of rotatable bonds is 3. The Kier molecular flexibility index (Phi) is 5.25. The van der Waals surface area contributed by atoms with E-state index in [1.165, 1.54) is 22.3 Å². The van der Waals surface area contributed by atoms with E-state index in [9.17, 15) is 14.8 Å². The van der Waals surface area contributed by atoms with Crippen LogP contribution in [0.25, 0.3) is 5.57 Å². The molecule has 2 unspecified atom stereocenters. The number of carbonyl (C=O) groups excluding carboxylic acids is 2. The van der Waals surface area contributed by atoms with Crippen LogP contribution in [0.4, 0.5) is 0 Å². The summed E-state index contributed by atoms with van der Waals surface area (Å²) in [6, 6.07) is 6.05. The first kappa shape index (κ1) is 20.1. The molecule has 2 aliphatic heterocycles. The summed E-state index contributed by atoms with van der Waals surface area (Å²) >= 11 is 0. The van der Waals surface area contributed by atoms with E-state index < -0.39 is 17.9 Å². The van der Waals surface area contributed by atoms with Crippen LogP contribution in [0.1, 0.15) is 42.4 Å². The van der Waals surface area contributed by atoms with Gasteiger partial charge in [0, 0.05) is 19.6 Å². The molecule has 2 amide bonds. The average molecular weight is 398 g/mol. The zero-order valence-corrected chi connectivity index (χ0v) is 17.6. The molecule has 29 heavy (non-hydrogen) atoms. The van der Waals surface area contributed by atoms with Crippen molar-refractivity contribution >= 4 is 17.4 Å². The predicted molar refractivity (Wildman–Crippen MR) is 111 cm³/mol. The number of amides is 2. The molecule has 1 aliphatic carbocycles. The monoisotopic (exact) mass is 397 g/mol. The molecule has 156 valence electrons. The zero-order chi connectivity index (χ0) is 20.8. The van der Waals surface area contributed by atoms with Crippen molar-refractivity contribution in [1.29, 1.82) is 0 Å². The summed E-state index contributed by atoms with van der Waals surface area (Å²) in [6.45, 7) is 6.27. The molecule has 1 aromatic carbocycles. The van der Waals surface area contributed by atoms with Crippen molar-refractivity contribution in [2.45, 2.75) is 45.6 Å². The Hall–Kier alpha value is -2.18. The molecule has 6 nitrogen and oxygen atoms in total. The van der Waals surface area contributed by atoms with Crippen LogP contribution in [-0.2, 0) is 9.59 Å². The highest BCUT2D eigenvalue weighted by atomic mass is 16.5. The average Bonchev–Trinajstić information content (AvgIpc) is 3.44. The van der Waals surface area contributed by atoms with E-state index in [0.29, 0.717) is 19.5 Å². The maximum absolute atomic E-state index is 13.4. The molecule has 0 aromatic heterocycles. The van der Waals surface area contributed by atoms with E-state index >= 15 is 0 Å². The van der Waals surface area contributed by atoms with Gasteiger partial charge in [0.1, 0.15) is 6.04 Å². The number of hydrogen-bond donors (Lipinski definition) is 2. The molecule has 2 heterocycles. The quantitative estimate of drug-likeness (QED) is 0.607. The van der Waals surface area contributed by atoms with Crippen molar-refractivity contribution in [3.63, 3.8) is 0 Å². The third-order valence-electron chi connectivity index (χ3n) is 6.86. The molecule has 2 N–H and O–H groups in total. The smallest absolute Gasteiger partial charge is 0.248 e. The molecular formula is C23H31N3O3. The Morgan fingerprint density at radius 3 is 2.41 bits per heavy atom. The van der Waals surface area contributed by atoms with Gasteiger partial charge in [-0.25, -0.2) is 5.48 Å². The van der Waals surface area contributed by atoms with Crippen LogP contribution in [0.2, 0.25) is 0 Å². The number of likely N-dealkylation sites (N-methyl/N-ethyl adjacent to an activating group) is 1. The van der Waals surface area contributed by atoms with Gasteiger partial charge in [-0.1, -0.05) is 35.4 Å². The Labute approximate surface area is 172 Å². The fourth-order valence-electron chi connectivity index (χ4n) is 5.27. The van der Waals surface area contributed by atoms with Gasteiger partial charge in [-0.15, -0.1) is 0 Å².